The fourth-order valence-corrected chi connectivity index (χ4v) is 4.75. The van der Waals surface area contributed by atoms with E-state index in [0.29, 0.717) is 30.2 Å². The second-order valence-electron chi connectivity index (χ2n) is 7.89. The first kappa shape index (κ1) is 25.8. The van der Waals surface area contributed by atoms with Crippen molar-refractivity contribution < 1.29 is 22.7 Å². The van der Waals surface area contributed by atoms with Gasteiger partial charge in [0.05, 0.1) is 17.7 Å². The number of benzene rings is 3. The van der Waals surface area contributed by atoms with Crippen LogP contribution in [0.2, 0.25) is 0 Å². The van der Waals surface area contributed by atoms with Crippen molar-refractivity contribution >= 4 is 33.2 Å². The molecule has 0 unspecified atom stereocenters. The predicted molar refractivity (Wildman–Crippen MR) is 136 cm³/mol. The van der Waals surface area contributed by atoms with E-state index in [2.05, 4.69) is 5.32 Å². The molecule has 9 heteroatoms. The van der Waals surface area contributed by atoms with E-state index in [0.717, 1.165) is 9.87 Å². The van der Waals surface area contributed by atoms with E-state index in [-0.39, 0.29) is 16.4 Å². The minimum Gasteiger partial charge on any atom is -0.497 e. The summed E-state index contributed by atoms with van der Waals surface area (Å²) < 4.78 is 32.6. The Morgan fingerprint density at radius 3 is 2.29 bits per heavy atom. The summed E-state index contributed by atoms with van der Waals surface area (Å²) in [4.78, 5) is 26.3. The first-order chi connectivity index (χ1) is 16.6. The van der Waals surface area contributed by atoms with Crippen LogP contribution in [0.3, 0.4) is 0 Å². The number of anilines is 2. The highest BCUT2D eigenvalue weighted by atomic mass is 32.2. The molecule has 0 fully saturated rings. The molecule has 0 aliphatic rings. The van der Waals surface area contributed by atoms with Gasteiger partial charge in [0, 0.05) is 38.3 Å². The van der Waals surface area contributed by atoms with Crippen molar-refractivity contribution in [2.24, 2.45) is 0 Å². The molecule has 0 radical (unpaired) electrons. The lowest BCUT2D eigenvalue weighted by Crippen LogP contribution is -2.27. The summed E-state index contributed by atoms with van der Waals surface area (Å²) in [6.07, 6.45) is 0. The minimum absolute atomic E-state index is 0.00253. The van der Waals surface area contributed by atoms with Crippen LogP contribution in [-0.4, -0.2) is 45.8 Å². The number of methoxy groups -OCH3 is 1. The minimum atomic E-state index is -3.90. The van der Waals surface area contributed by atoms with Gasteiger partial charge in [-0.3, -0.25) is 13.9 Å². The highest BCUT2D eigenvalue weighted by Crippen LogP contribution is 2.25. The van der Waals surface area contributed by atoms with Gasteiger partial charge in [-0.25, -0.2) is 8.42 Å². The third-order valence-corrected chi connectivity index (χ3v) is 7.36. The predicted octanol–water partition coefficient (Wildman–Crippen LogP) is 4.14. The van der Waals surface area contributed by atoms with Crippen LogP contribution in [0.5, 0.6) is 5.75 Å². The van der Waals surface area contributed by atoms with Crippen molar-refractivity contribution in [3.05, 3.63) is 83.9 Å². The van der Waals surface area contributed by atoms with Gasteiger partial charge in [-0.05, 0) is 67.1 Å². The van der Waals surface area contributed by atoms with Gasteiger partial charge >= 0.3 is 0 Å². The first-order valence-corrected chi connectivity index (χ1v) is 12.5. The molecule has 3 rings (SSSR count). The van der Waals surface area contributed by atoms with Crippen LogP contribution in [0, 0.1) is 0 Å². The fraction of sp³-hybridized carbons (Fsp3) is 0.231. The Morgan fingerprint density at radius 1 is 0.971 bits per heavy atom. The molecule has 1 N–H and O–H groups in total. The summed E-state index contributed by atoms with van der Waals surface area (Å²) in [5, 5.41) is 2.81. The van der Waals surface area contributed by atoms with Gasteiger partial charge < -0.3 is 15.0 Å². The first-order valence-electron chi connectivity index (χ1n) is 11.0. The molecule has 184 valence electrons. The van der Waals surface area contributed by atoms with Crippen LogP contribution in [0.1, 0.15) is 29.8 Å². The van der Waals surface area contributed by atoms with Gasteiger partial charge in [0.1, 0.15) is 5.75 Å². The van der Waals surface area contributed by atoms with Gasteiger partial charge in [0.2, 0.25) is 5.91 Å². The Kier molecular flexibility index (Phi) is 8.14. The van der Waals surface area contributed by atoms with Crippen molar-refractivity contribution in [1.82, 2.24) is 4.90 Å². The van der Waals surface area contributed by atoms with Crippen LogP contribution in [0.25, 0.3) is 0 Å². The molecule has 35 heavy (non-hydrogen) atoms. The molecule has 0 aromatic heterocycles. The smallest absolute Gasteiger partial charge is 0.264 e. The normalized spacial score (nSPS) is 11.0. The third kappa shape index (κ3) is 6.19. The lowest BCUT2D eigenvalue weighted by atomic mass is 10.1. The summed E-state index contributed by atoms with van der Waals surface area (Å²) in [6, 6.07) is 19.7. The van der Waals surface area contributed by atoms with E-state index in [1.165, 1.54) is 39.3 Å². The maximum absolute atomic E-state index is 13.2. The largest absolute Gasteiger partial charge is 0.497 e. The monoisotopic (exact) mass is 495 g/mol. The Hall–Kier alpha value is -3.85. The van der Waals surface area contributed by atoms with E-state index >= 15 is 0 Å². The molecular formula is C26H29N3O5S. The third-order valence-electron chi connectivity index (χ3n) is 5.58. The van der Waals surface area contributed by atoms with E-state index < -0.39 is 15.9 Å². The average molecular weight is 496 g/mol. The fourth-order valence-electron chi connectivity index (χ4n) is 3.50. The lowest BCUT2D eigenvalue weighted by molar-refractivity contribution is -0.129. The van der Waals surface area contributed by atoms with Crippen LogP contribution < -0.4 is 14.4 Å². The number of nitrogens with zero attached hydrogens (tertiary/aromatic N) is 2. The number of ether oxygens (including phenoxy) is 1. The molecule has 8 nitrogen and oxygen atoms in total. The van der Waals surface area contributed by atoms with Crippen LogP contribution in [0.15, 0.2) is 77.7 Å². The zero-order valence-electron chi connectivity index (χ0n) is 20.2. The van der Waals surface area contributed by atoms with Gasteiger partial charge in [0.25, 0.3) is 15.9 Å². The standard InChI is InChI=1S/C26H29N3O5S/c1-5-29(19(2)30)18-20-8-6-10-22(16-20)27-26(31)21-9-7-11-25(17-21)35(32,33)28(3)23-12-14-24(34-4)15-13-23/h6-17H,5,18H2,1-4H3,(H,27,31). The quantitative estimate of drug-likeness (QED) is 0.481. The number of hydrogen-bond acceptors (Lipinski definition) is 5. The number of sulfonamides is 1. The Balaban J connectivity index is 1.79. The van der Waals surface area contributed by atoms with Crippen molar-refractivity contribution in [2.75, 3.05) is 30.3 Å². The van der Waals surface area contributed by atoms with Crippen molar-refractivity contribution in [1.29, 1.82) is 0 Å². The number of carbonyl (C=O) groups excluding carboxylic acids is 2. The molecule has 0 saturated carbocycles. The van der Waals surface area contributed by atoms with Crippen molar-refractivity contribution in [2.45, 2.75) is 25.3 Å². The number of nitrogens with one attached hydrogen (secondary N) is 1. The summed E-state index contributed by atoms with van der Waals surface area (Å²) in [7, 11) is -0.906. The molecule has 0 aliphatic heterocycles. The second-order valence-corrected chi connectivity index (χ2v) is 9.86. The number of hydrogen-bond donors (Lipinski definition) is 1. The summed E-state index contributed by atoms with van der Waals surface area (Å²) >= 11 is 0. The SMILES string of the molecule is CCN(Cc1cccc(NC(=O)c2cccc(S(=O)(=O)N(C)c3ccc(OC)cc3)c2)c1)C(C)=O. The lowest BCUT2D eigenvalue weighted by Gasteiger charge is -2.20. The maximum atomic E-state index is 13.2. The molecule has 3 aromatic carbocycles. The average Bonchev–Trinajstić information content (AvgIpc) is 2.87. The Morgan fingerprint density at radius 2 is 1.66 bits per heavy atom. The van der Waals surface area contributed by atoms with Crippen LogP contribution in [-0.2, 0) is 21.4 Å². The summed E-state index contributed by atoms with van der Waals surface area (Å²) in [5.41, 5.74) is 2.09. The number of rotatable bonds is 9. The van der Waals surface area contributed by atoms with E-state index in [9.17, 15) is 18.0 Å². The zero-order valence-corrected chi connectivity index (χ0v) is 21.0. The zero-order chi connectivity index (χ0) is 25.6. The van der Waals surface area contributed by atoms with Gasteiger partial charge in [-0.1, -0.05) is 18.2 Å². The maximum Gasteiger partial charge on any atom is 0.264 e. The highest BCUT2D eigenvalue weighted by Gasteiger charge is 2.22. The van der Waals surface area contributed by atoms with Gasteiger partial charge in [-0.2, -0.15) is 0 Å². The summed E-state index contributed by atoms with van der Waals surface area (Å²) in [5.74, 6) is 0.149. The molecule has 3 aromatic rings. The Labute approximate surface area is 206 Å². The van der Waals surface area contributed by atoms with Crippen molar-refractivity contribution in [3.8, 4) is 5.75 Å². The molecule has 0 spiro atoms. The molecule has 0 aliphatic carbocycles. The molecule has 0 saturated heterocycles. The van der Waals surface area contributed by atoms with E-state index in [1.807, 2.05) is 13.0 Å². The number of amides is 2. The second kappa shape index (κ2) is 11.1. The topological polar surface area (TPSA) is 96.0 Å². The van der Waals surface area contributed by atoms with Crippen LogP contribution >= 0.6 is 0 Å². The molecular weight excluding hydrogens is 466 g/mol. The molecule has 0 atom stereocenters. The van der Waals surface area contributed by atoms with Gasteiger partial charge in [0.15, 0.2) is 0 Å². The molecule has 0 heterocycles. The Bertz CT molecular complexity index is 1310. The molecule has 0 bridgehead atoms. The molecule has 2 amide bonds. The summed E-state index contributed by atoms with van der Waals surface area (Å²) in [6.45, 7) is 4.43. The number of carbonyl (C=O) groups is 2. The van der Waals surface area contributed by atoms with Crippen LogP contribution in [0.4, 0.5) is 11.4 Å². The van der Waals surface area contributed by atoms with E-state index in [1.54, 1.807) is 53.4 Å². The van der Waals surface area contributed by atoms with Crippen molar-refractivity contribution in [3.63, 3.8) is 0 Å². The highest BCUT2D eigenvalue weighted by molar-refractivity contribution is 7.92. The van der Waals surface area contributed by atoms with E-state index in [4.69, 9.17) is 4.74 Å². The van der Waals surface area contributed by atoms with Gasteiger partial charge in [-0.15, -0.1) is 0 Å².